The maximum Gasteiger partial charge on any atom is 0.269 e. The van der Waals surface area contributed by atoms with Crippen molar-refractivity contribution in [1.82, 2.24) is 9.80 Å². The molecule has 1 heterocycles. The highest BCUT2D eigenvalue weighted by Gasteiger charge is 2.19. The first-order valence-corrected chi connectivity index (χ1v) is 8.89. The van der Waals surface area contributed by atoms with Gasteiger partial charge in [-0.2, -0.15) is 0 Å². The minimum Gasteiger partial charge on any atom is -0.326 e. The molecule has 7 heteroatoms. The number of non-ortho nitro benzene ring substituents is 1. The van der Waals surface area contributed by atoms with Gasteiger partial charge in [0.05, 0.1) is 4.92 Å². The van der Waals surface area contributed by atoms with Crippen LogP contribution in [0.4, 0.5) is 11.4 Å². The number of hydrogen-bond donors (Lipinski definition) is 1. The van der Waals surface area contributed by atoms with Gasteiger partial charge in [-0.25, -0.2) is 0 Å². The zero-order valence-corrected chi connectivity index (χ0v) is 15.1. The summed E-state index contributed by atoms with van der Waals surface area (Å²) in [6, 6.07) is 6.55. The Morgan fingerprint density at radius 1 is 1.32 bits per heavy atom. The van der Waals surface area contributed by atoms with Crippen molar-refractivity contribution in [2.45, 2.75) is 38.1 Å². The lowest BCUT2D eigenvalue weighted by atomic mass is 10.00. The fraction of sp³-hybridized carbons (Fsp3) is 0.611. The number of nitro groups is 1. The van der Waals surface area contributed by atoms with Crippen molar-refractivity contribution in [3.05, 3.63) is 34.4 Å². The second-order valence-corrected chi connectivity index (χ2v) is 6.82. The van der Waals surface area contributed by atoms with Gasteiger partial charge in [0, 0.05) is 36.8 Å². The number of nitrogens with zero attached hydrogens (tertiary/aromatic N) is 3. The monoisotopic (exact) mass is 348 g/mol. The molecule has 1 atom stereocenters. The number of piperidine rings is 1. The molecular formula is C18H28N4O3. The van der Waals surface area contributed by atoms with E-state index in [1.165, 1.54) is 37.9 Å². The molecule has 1 aliphatic rings. The van der Waals surface area contributed by atoms with Crippen LogP contribution in [-0.2, 0) is 4.79 Å². The molecule has 1 amide bonds. The second kappa shape index (κ2) is 9.48. The highest BCUT2D eigenvalue weighted by molar-refractivity contribution is 5.90. The lowest BCUT2D eigenvalue weighted by molar-refractivity contribution is -0.384. The van der Waals surface area contributed by atoms with Crippen molar-refractivity contribution in [2.24, 2.45) is 0 Å². The number of carbonyl (C=O) groups is 1. The third kappa shape index (κ3) is 6.43. The molecule has 0 aliphatic carbocycles. The molecule has 0 unspecified atom stereocenters. The fourth-order valence-electron chi connectivity index (χ4n) is 3.17. The van der Waals surface area contributed by atoms with Crippen LogP contribution in [0.25, 0.3) is 0 Å². The number of rotatable bonds is 8. The molecule has 1 saturated heterocycles. The maximum atomic E-state index is 12.0. The Kier molecular flexibility index (Phi) is 7.33. The van der Waals surface area contributed by atoms with Gasteiger partial charge in [-0.05, 0) is 58.6 Å². The molecular weight excluding hydrogens is 320 g/mol. The topological polar surface area (TPSA) is 78.7 Å². The summed E-state index contributed by atoms with van der Waals surface area (Å²) in [5, 5.41) is 13.4. The van der Waals surface area contributed by atoms with Crippen LogP contribution in [0.2, 0.25) is 0 Å². The first kappa shape index (κ1) is 19.3. The Bertz CT molecular complexity index is 576. The highest BCUT2D eigenvalue weighted by atomic mass is 16.6. The molecule has 0 aromatic heterocycles. The molecule has 1 aromatic carbocycles. The van der Waals surface area contributed by atoms with Gasteiger partial charge in [-0.1, -0.05) is 6.42 Å². The number of benzene rings is 1. The van der Waals surface area contributed by atoms with Gasteiger partial charge in [0.2, 0.25) is 5.91 Å². The number of anilines is 1. The Morgan fingerprint density at radius 2 is 2.04 bits per heavy atom. The first-order valence-electron chi connectivity index (χ1n) is 8.89. The second-order valence-electron chi connectivity index (χ2n) is 6.82. The summed E-state index contributed by atoms with van der Waals surface area (Å²) < 4.78 is 0. The maximum absolute atomic E-state index is 12.0. The minimum atomic E-state index is -0.454. The Balaban J connectivity index is 1.67. The number of nitrogens with one attached hydrogen (secondary N) is 1. The molecule has 0 radical (unpaired) electrons. The van der Waals surface area contributed by atoms with Crippen molar-refractivity contribution in [1.29, 1.82) is 0 Å². The van der Waals surface area contributed by atoms with Crippen LogP contribution in [0.5, 0.6) is 0 Å². The van der Waals surface area contributed by atoms with E-state index in [4.69, 9.17) is 0 Å². The van der Waals surface area contributed by atoms with Gasteiger partial charge in [-0.3, -0.25) is 14.9 Å². The van der Waals surface area contributed by atoms with E-state index in [0.29, 0.717) is 24.7 Å². The predicted molar refractivity (Wildman–Crippen MR) is 98.7 cm³/mol. The summed E-state index contributed by atoms with van der Waals surface area (Å²) in [5.41, 5.74) is 0.604. The van der Waals surface area contributed by atoms with E-state index in [0.717, 1.165) is 13.0 Å². The molecule has 0 saturated carbocycles. The minimum absolute atomic E-state index is 0.0189. The van der Waals surface area contributed by atoms with Crippen molar-refractivity contribution < 1.29 is 9.72 Å². The molecule has 138 valence electrons. The normalized spacial score (nSPS) is 18.3. The Morgan fingerprint density at radius 3 is 2.68 bits per heavy atom. The molecule has 1 N–H and O–H groups in total. The molecule has 25 heavy (non-hydrogen) atoms. The summed E-state index contributed by atoms with van der Waals surface area (Å²) in [6.45, 7) is 2.88. The van der Waals surface area contributed by atoms with Crippen LogP contribution in [0.1, 0.15) is 32.1 Å². The predicted octanol–water partition coefficient (Wildman–Crippen LogP) is 2.73. The molecule has 1 aliphatic heterocycles. The largest absolute Gasteiger partial charge is 0.326 e. The highest BCUT2D eigenvalue weighted by Crippen LogP contribution is 2.18. The van der Waals surface area contributed by atoms with E-state index in [2.05, 4.69) is 22.2 Å². The number of likely N-dealkylation sites (tertiary alicyclic amines) is 1. The van der Waals surface area contributed by atoms with Crippen molar-refractivity contribution in [3.8, 4) is 0 Å². The third-order valence-corrected chi connectivity index (χ3v) is 4.85. The van der Waals surface area contributed by atoms with Gasteiger partial charge in [0.1, 0.15) is 0 Å². The number of hydrogen-bond acceptors (Lipinski definition) is 5. The van der Waals surface area contributed by atoms with Crippen LogP contribution in [0.15, 0.2) is 24.3 Å². The fourth-order valence-corrected chi connectivity index (χ4v) is 3.17. The lowest BCUT2D eigenvalue weighted by Gasteiger charge is -2.33. The van der Waals surface area contributed by atoms with E-state index >= 15 is 0 Å². The standard InChI is InChI=1S/C18H28N4O3/c1-20(13-10-16-5-3-4-12-21(16)2)14-11-18(23)19-15-6-8-17(9-7-15)22(24)25/h6-9,16H,3-5,10-14H2,1-2H3,(H,19,23)/t16-/m0/s1. The number of nitro benzene ring substituents is 1. The van der Waals surface area contributed by atoms with E-state index in [9.17, 15) is 14.9 Å². The smallest absolute Gasteiger partial charge is 0.269 e. The summed E-state index contributed by atoms with van der Waals surface area (Å²) in [7, 11) is 4.24. The average molecular weight is 348 g/mol. The molecule has 1 aromatic rings. The van der Waals surface area contributed by atoms with Crippen LogP contribution in [0, 0.1) is 10.1 Å². The number of amides is 1. The summed E-state index contributed by atoms with van der Waals surface area (Å²) >= 11 is 0. The van der Waals surface area contributed by atoms with Crippen molar-refractivity contribution in [2.75, 3.05) is 39.0 Å². The molecule has 0 spiro atoms. The lowest BCUT2D eigenvalue weighted by Crippen LogP contribution is -2.38. The zero-order valence-electron chi connectivity index (χ0n) is 15.1. The third-order valence-electron chi connectivity index (χ3n) is 4.85. The van der Waals surface area contributed by atoms with E-state index in [1.54, 1.807) is 12.1 Å². The van der Waals surface area contributed by atoms with Crippen LogP contribution in [0.3, 0.4) is 0 Å². The molecule has 2 rings (SSSR count). The van der Waals surface area contributed by atoms with E-state index in [-0.39, 0.29) is 11.6 Å². The molecule has 0 bridgehead atoms. The molecule has 1 fully saturated rings. The van der Waals surface area contributed by atoms with Gasteiger partial charge in [0.15, 0.2) is 0 Å². The van der Waals surface area contributed by atoms with E-state index < -0.39 is 4.92 Å². The quantitative estimate of drug-likeness (QED) is 0.577. The van der Waals surface area contributed by atoms with Gasteiger partial charge >= 0.3 is 0 Å². The van der Waals surface area contributed by atoms with Crippen molar-refractivity contribution in [3.63, 3.8) is 0 Å². The van der Waals surface area contributed by atoms with Crippen molar-refractivity contribution >= 4 is 17.3 Å². The summed E-state index contributed by atoms with van der Waals surface area (Å²) in [4.78, 5) is 26.8. The van der Waals surface area contributed by atoms with Crippen LogP contribution in [-0.4, -0.2) is 60.4 Å². The van der Waals surface area contributed by atoms with E-state index in [1.807, 2.05) is 7.05 Å². The first-order chi connectivity index (χ1) is 12.0. The zero-order chi connectivity index (χ0) is 18.2. The van der Waals surface area contributed by atoms with Gasteiger partial charge < -0.3 is 15.1 Å². The van der Waals surface area contributed by atoms with Crippen LogP contribution < -0.4 is 5.32 Å². The van der Waals surface area contributed by atoms with Gasteiger partial charge in [-0.15, -0.1) is 0 Å². The Labute approximate surface area is 149 Å². The molecule has 7 nitrogen and oxygen atoms in total. The SMILES string of the molecule is CN(CCC(=O)Nc1ccc([N+](=O)[O-])cc1)CC[C@@H]1CCCCN1C. The van der Waals surface area contributed by atoms with Crippen LogP contribution >= 0.6 is 0 Å². The Hall–Kier alpha value is -1.99. The average Bonchev–Trinajstić information content (AvgIpc) is 2.59. The summed E-state index contributed by atoms with van der Waals surface area (Å²) in [6.07, 6.45) is 5.43. The number of carbonyl (C=O) groups excluding carboxylic acids is 1. The van der Waals surface area contributed by atoms with Gasteiger partial charge in [0.25, 0.3) is 5.69 Å². The summed E-state index contributed by atoms with van der Waals surface area (Å²) in [5.74, 6) is -0.0736.